The maximum Gasteiger partial charge on any atom is 0.310 e. The Kier molecular flexibility index (Phi) is 4.70. The molecule has 1 aromatic carbocycles. The summed E-state index contributed by atoms with van der Waals surface area (Å²) in [6.07, 6.45) is 0. The van der Waals surface area contributed by atoms with Gasteiger partial charge in [-0.1, -0.05) is 37.3 Å². The summed E-state index contributed by atoms with van der Waals surface area (Å²) < 4.78 is 0. The highest BCUT2D eigenvalue weighted by Crippen LogP contribution is 2.16. The minimum absolute atomic E-state index is 0.390. The van der Waals surface area contributed by atoms with E-state index in [1.807, 2.05) is 18.2 Å². The molecule has 0 bridgehead atoms. The highest BCUT2D eigenvalue weighted by atomic mass is 16.4. The van der Waals surface area contributed by atoms with Gasteiger partial charge >= 0.3 is 5.97 Å². The average molecular weight is 235 g/mol. The zero-order valence-electron chi connectivity index (χ0n) is 10.7. The molecule has 0 fully saturated rings. The summed E-state index contributed by atoms with van der Waals surface area (Å²) in [5.41, 5.74) is 0.560. The van der Waals surface area contributed by atoms with Crippen molar-refractivity contribution in [1.29, 1.82) is 0 Å². The molecule has 1 atom stereocenters. The maximum atomic E-state index is 10.9. The maximum absolute atomic E-state index is 10.9. The number of aliphatic carboxylic acids is 1. The Morgan fingerprint density at radius 3 is 2.47 bits per heavy atom. The Balaban J connectivity index is 2.40. The first-order valence-corrected chi connectivity index (χ1v) is 5.92. The van der Waals surface area contributed by atoms with Gasteiger partial charge in [0.2, 0.25) is 0 Å². The molecule has 0 saturated heterocycles. The summed E-state index contributed by atoms with van der Waals surface area (Å²) in [6, 6.07) is 10.2. The second-order valence-electron chi connectivity index (χ2n) is 5.13. The highest BCUT2D eigenvalue weighted by Gasteiger charge is 2.26. The Morgan fingerprint density at radius 2 is 1.94 bits per heavy atom. The Morgan fingerprint density at radius 1 is 1.35 bits per heavy atom. The minimum Gasteiger partial charge on any atom is -0.481 e. The monoisotopic (exact) mass is 235 g/mol. The summed E-state index contributed by atoms with van der Waals surface area (Å²) in [4.78, 5) is 10.9. The summed E-state index contributed by atoms with van der Waals surface area (Å²) in [5, 5.41) is 12.2. The van der Waals surface area contributed by atoms with Gasteiger partial charge in [-0.05, 0) is 25.3 Å². The molecular formula is C14H21NO2. The number of rotatable bonds is 6. The summed E-state index contributed by atoms with van der Waals surface area (Å²) in [6.45, 7) is 6.88. The van der Waals surface area contributed by atoms with E-state index < -0.39 is 11.4 Å². The van der Waals surface area contributed by atoms with Crippen LogP contribution >= 0.6 is 0 Å². The third kappa shape index (κ3) is 4.19. The van der Waals surface area contributed by atoms with Crippen LogP contribution in [0.4, 0.5) is 0 Å². The molecule has 2 N–H and O–H groups in total. The predicted octanol–water partition coefficient (Wildman–Crippen LogP) is 2.49. The molecule has 1 rings (SSSR count). The van der Waals surface area contributed by atoms with E-state index in [1.54, 1.807) is 13.8 Å². The van der Waals surface area contributed by atoms with E-state index >= 15 is 0 Å². The van der Waals surface area contributed by atoms with Crippen LogP contribution < -0.4 is 5.32 Å². The molecule has 1 unspecified atom stereocenters. The Labute approximate surface area is 103 Å². The lowest BCUT2D eigenvalue weighted by Gasteiger charge is -2.21. The molecule has 3 nitrogen and oxygen atoms in total. The standard InChI is InChI=1S/C14H21NO2/c1-11(12-7-5-4-6-8-12)9-15-10-14(2,3)13(16)17/h4-8,11,15H,9-10H2,1-3H3,(H,16,17). The highest BCUT2D eigenvalue weighted by molar-refractivity contribution is 5.73. The molecule has 3 heteroatoms. The van der Waals surface area contributed by atoms with Gasteiger partial charge in [-0.3, -0.25) is 4.79 Å². The first kappa shape index (κ1) is 13.7. The topological polar surface area (TPSA) is 49.3 Å². The van der Waals surface area contributed by atoms with Crippen molar-refractivity contribution in [3.63, 3.8) is 0 Å². The third-order valence-electron chi connectivity index (χ3n) is 2.97. The van der Waals surface area contributed by atoms with Gasteiger partial charge in [-0.2, -0.15) is 0 Å². The van der Waals surface area contributed by atoms with E-state index in [1.165, 1.54) is 5.56 Å². The van der Waals surface area contributed by atoms with Crippen LogP contribution in [0.1, 0.15) is 32.3 Å². The second-order valence-corrected chi connectivity index (χ2v) is 5.13. The molecular weight excluding hydrogens is 214 g/mol. The van der Waals surface area contributed by atoms with Crippen molar-refractivity contribution in [2.24, 2.45) is 5.41 Å². The molecule has 0 amide bonds. The predicted molar refractivity (Wildman–Crippen MR) is 69.1 cm³/mol. The van der Waals surface area contributed by atoms with E-state index in [-0.39, 0.29) is 0 Å². The van der Waals surface area contributed by atoms with Crippen molar-refractivity contribution in [3.8, 4) is 0 Å². The zero-order valence-corrected chi connectivity index (χ0v) is 10.7. The summed E-state index contributed by atoms with van der Waals surface area (Å²) >= 11 is 0. The van der Waals surface area contributed by atoms with Crippen molar-refractivity contribution >= 4 is 5.97 Å². The lowest BCUT2D eigenvalue weighted by atomic mass is 9.93. The van der Waals surface area contributed by atoms with Crippen LogP contribution in [-0.4, -0.2) is 24.2 Å². The molecule has 0 aliphatic heterocycles. The third-order valence-corrected chi connectivity index (χ3v) is 2.97. The smallest absolute Gasteiger partial charge is 0.310 e. The van der Waals surface area contributed by atoms with Crippen LogP contribution in [0.25, 0.3) is 0 Å². The number of carboxylic acid groups (broad SMARTS) is 1. The van der Waals surface area contributed by atoms with E-state index in [0.717, 1.165) is 6.54 Å². The van der Waals surface area contributed by atoms with Crippen LogP contribution in [0.5, 0.6) is 0 Å². The number of hydrogen-bond acceptors (Lipinski definition) is 2. The van der Waals surface area contributed by atoms with E-state index in [0.29, 0.717) is 12.5 Å². The second kappa shape index (κ2) is 5.82. The Hall–Kier alpha value is -1.35. The first-order chi connectivity index (χ1) is 7.93. The number of nitrogens with one attached hydrogen (secondary N) is 1. The van der Waals surface area contributed by atoms with Crippen molar-refractivity contribution in [3.05, 3.63) is 35.9 Å². The molecule has 0 aliphatic rings. The fraction of sp³-hybridized carbons (Fsp3) is 0.500. The number of carboxylic acids is 1. The summed E-state index contributed by atoms with van der Waals surface area (Å²) in [5.74, 6) is -0.377. The SMILES string of the molecule is CC(CNCC(C)(C)C(=O)O)c1ccccc1. The Bertz CT molecular complexity index is 360. The molecule has 94 valence electrons. The summed E-state index contributed by atoms with van der Waals surface area (Å²) in [7, 11) is 0. The van der Waals surface area contributed by atoms with E-state index in [4.69, 9.17) is 5.11 Å². The molecule has 0 radical (unpaired) electrons. The van der Waals surface area contributed by atoms with Gasteiger partial charge in [-0.25, -0.2) is 0 Å². The molecule has 0 heterocycles. The van der Waals surface area contributed by atoms with Crippen LogP contribution in [0.15, 0.2) is 30.3 Å². The van der Waals surface area contributed by atoms with Crippen LogP contribution in [0.2, 0.25) is 0 Å². The van der Waals surface area contributed by atoms with Crippen LogP contribution in [0, 0.1) is 5.41 Å². The van der Waals surface area contributed by atoms with Gasteiger partial charge in [0, 0.05) is 13.1 Å². The van der Waals surface area contributed by atoms with Crippen molar-refractivity contribution < 1.29 is 9.90 Å². The van der Waals surface area contributed by atoms with E-state index in [2.05, 4.69) is 24.4 Å². The zero-order chi connectivity index (χ0) is 12.9. The molecule has 0 aliphatic carbocycles. The fourth-order valence-corrected chi connectivity index (χ4v) is 1.58. The molecule has 0 saturated carbocycles. The van der Waals surface area contributed by atoms with Gasteiger partial charge in [0.1, 0.15) is 0 Å². The normalized spacial score (nSPS) is 13.4. The number of benzene rings is 1. The molecule has 0 aromatic heterocycles. The largest absolute Gasteiger partial charge is 0.481 e. The van der Waals surface area contributed by atoms with Gasteiger partial charge in [-0.15, -0.1) is 0 Å². The van der Waals surface area contributed by atoms with E-state index in [9.17, 15) is 4.79 Å². The van der Waals surface area contributed by atoms with Gasteiger partial charge in [0.05, 0.1) is 5.41 Å². The lowest BCUT2D eigenvalue weighted by molar-refractivity contribution is -0.146. The van der Waals surface area contributed by atoms with Gasteiger partial charge < -0.3 is 10.4 Å². The van der Waals surface area contributed by atoms with Gasteiger partial charge in [0.15, 0.2) is 0 Å². The van der Waals surface area contributed by atoms with Crippen molar-refractivity contribution in [2.75, 3.05) is 13.1 Å². The molecule has 0 spiro atoms. The average Bonchev–Trinajstić information content (AvgIpc) is 2.29. The van der Waals surface area contributed by atoms with Crippen LogP contribution in [-0.2, 0) is 4.79 Å². The lowest BCUT2D eigenvalue weighted by Crippen LogP contribution is -2.37. The molecule has 1 aromatic rings. The van der Waals surface area contributed by atoms with Crippen molar-refractivity contribution in [1.82, 2.24) is 5.32 Å². The van der Waals surface area contributed by atoms with Crippen molar-refractivity contribution in [2.45, 2.75) is 26.7 Å². The van der Waals surface area contributed by atoms with Gasteiger partial charge in [0.25, 0.3) is 0 Å². The minimum atomic E-state index is -0.766. The fourth-order valence-electron chi connectivity index (χ4n) is 1.58. The quantitative estimate of drug-likeness (QED) is 0.796. The number of carbonyl (C=O) groups is 1. The van der Waals surface area contributed by atoms with Crippen LogP contribution in [0.3, 0.4) is 0 Å². The first-order valence-electron chi connectivity index (χ1n) is 5.92. The molecule has 17 heavy (non-hydrogen) atoms. The number of hydrogen-bond donors (Lipinski definition) is 2.